The van der Waals surface area contributed by atoms with Crippen LogP contribution < -0.4 is 5.32 Å². The van der Waals surface area contributed by atoms with Crippen LogP contribution in [0.3, 0.4) is 0 Å². The average Bonchev–Trinajstić information content (AvgIpc) is 2.58. The first-order valence-corrected chi connectivity index (χ1v) is 5.41. The molecule has 1 heterocycles. The minimum Gasteiger partial charge on any atom is -0.338 e. The fraction of sp³-hybridized carbons (Fsp3) is 0.100. The third kappa shape index (κ3) is 1.89. The number of carbonyl (C=O) groups is 1. The predicted octanol–water partition coefficient (Wildman–Crippen LogP) is 3.35. The molecule has 72 valence electrons. The molecule has 4 heteroatoms. The van der Waals surface area contributed by atoms with Crippen molar-refractivity contribution in [3.63, 3.8) is 0 Å². The number of nitrogens with one attached hydrogen (secondary N) is 1. The third-order valence-corrected chi connectivity index (χ3v) is 3.12. The Labute approximate surface area is 90.5 Å². The molecule has 1 N–H and O–H groups in total. The minimum absolute atomic E-state index is 0.492. The predicted molar refractivity (Wildman–Crippen MR) is 59.9 cm³/mol. The topological polar surface area (TPSA) is 29.1 Å². The monoisotopic (exact) mass is 225 g/mol. The van der Waals surface area contributed by atoms with Crippen LogP contribution in [-0.4, -0.2) is 5.37 Å². The summed E-state index contributed by atoms with van der Waals surface area (Å²) in [6, 6.07) is 8.09. The van der Waals surface area contributed by atoms with Gasteiger partial charge in [-0.3, -0.25) is 4.79 Å². The first-order valence-electron chi connectivity index (χ1n) is 4.16. The molecule has 1 aromatic heterocycles. The zero-order valence-electron chi connectivity index (χ0n) is 7.29. The molecule has 0 unspecified atom stereocenters. The van der Waals surface area contributed by atoms with E-state index in [1.54, 1.807) is 11.3 Å². The Morgan fingerprint density at radius 3 is 3.00 bits per heavy atom. The van der Waals surface area contributed by atoms with Gasteiger partial charge in [-0.15, -0.1) is 11.3 Å². The molecular weight excluding hydrogens is 218 g/mol. The van der Waals surface area contributed by atoms with Crippen LogP contribution in [0.1, 0.15) is 5.56 Å². The van der Waals surface area contributed by atoms with Crippen LogP contribution in [0, 0.1) is 0 Å². The standard InChI is InChI=1S/C10H8ClNOS/c11-10(13)12-5-7-6-14-9-4-2-1-3-8(7)9/h1-4,6H,5H2,(H,12,13). The second-order valence-corrected chi connectivity index (χ2v) is 4.14. The third-order valence-electron chi connectivity index (χ3n) is 1.98. The molecule has 2 rings (SSSR count). The van der Waals surface area contributed by atoms with Crippen molar-refractivity contribution in [2.75, 3.05) is 0 Å². The van der Waals surface area contributed by atoms with Gasteiger partial charge in [-0.25, -0.2) is 0 Å². The molecule has 2 aromatic rings. The minimum atomic E-state index is -0.514. The van der Waals surface area contributed by atoms with Gasteiger partial charge in [0.05, 0.1) is 0 Å². The lowest BCUT2D eigenvalue weighted by Gasteiger charge is -1.98. The van der Waals surface area contributed by atoms with Crippen LogP contribution in [0.15, 0.2) is 29.6 Å². The SMILES string of the molecule is O=C(Cl)NCc1csc2ccccc12. The molecule has 0 aliphatic rings. The van der Waals surface area contributed by atoms with Crippen molar-refractivity contribution < 1.29 is 4.79 Å². The van der Waals surface area contributed by atoms with Crippen molar-refractivity contribution in [3.8, 4) is 0 Å². The lowest BCUT2D eigenvalue weighted by atomic mass is 10.2. The summed E-state index contributed by atoms with van der Waals surface area (Å²) in [5.41, 5.74) is 1.11. The lowest BCUT2D eigenvalue weighted by Crippen LogP contribution is -2.14. The Balaban J connectivity index is 2.29. The zero-order chi connectivity index (χ0) is 9.97. The number of rotatable bonds is 2. The summed E-state index contributed by atoms with van der Waals surface area (Å²) in [5, 5.41) is 5.28. The number of halogens is 1. The number of fused-ring (bicyclic) bond motifs is 1. The average molecular weight is 226 g/mol. The zero-order valence-corrected chi connectivity index (χ0v) is 8.86. The van der Waals surface area contributed by atoms with Crippen LogP contribution in [0.5, 0.6) is 0 Å². The van der Waals surface area contributed by atoms with Gasteiger partial charge in [-0.2, -0.15) is 0 Å². The van der Waals surface area contributed by atoms with Gasteiger partial charge in [-0.05, 0) is 34.0 Å². The molecule has 1 aromatic carbocycles. The van der Waals surface area contributed by atoms with Gasteiger partial charge < -0.3 is 5.32 Å². The van der Waals surface area contributed by atoms with Crippen LogP contribution >= 0.6 is 22.9 Å². The number of hydrogen-bond donors (Lipinski definition) is 1. The highest BCUT2D eigenvalue weighted by Crippen LogP contribution is 2.25. The highest BCUT2D eigenvalue weighted by Gasteiger charge is 2.03. The Hall–Kier alpha value is -1.06. The molecule has 0 aliphatic heterocycles. The summed E-state index contributed by atoms with van der Waals surface area (Å²) in [6.45, 7) is 0.492. The lowest BCUT2D eigenvalue weighted by molar-refractivity contribution is 0.259. The maximum absolute atomic E-state index is 10.5. The largest absolute Gasteiger partial charge is 0.338 e. The van der Waals surface area contributed by atoms with Crippen LogP contribution in [0.4, 0.5) is 4.79 Å². The fourth-order valence-electron chi connectivity index (χ4n) is 1.33. The number of hydrogen-bond acceptors (Lipinski definition) is 2. The number of thiophene rings is 1. The van der Waals surface area contributed by atoms with Crippen molar-refractivity contribution >= 4 is 38.4 Å². The van der Waals surface area contributed by atoms with Crippen LogP contribution in [0.25, 0.3) is 10.1 Å². The summed E-state index contributed by atoms with van der Waals surface area (Å²) in [5.74, 6) is 0. The number of amides is 1. The van der Waals surface area contributed by atoms with E-state index in [0.717, 1.165) is 5.56 Å². The second kappa shape index (κ2) is 3.98. The second-order valence-electron chi connectivity index (χ2n) is 2.88. The summed E-state index contributed by atoms with van der Waals surface area (Å²) in [4.78, 5) is 10.5. The van der Waals surface area contributed by atoms with Crippen molar-refractivity contribution in [3.05, 3.63) is 35.2 Å². The van der Waals surface area contributed by atoms with E-state index < -0.39 is 5.37 Å². The van der Waals surface area contributed by atoms with Crippen LogP contribution in [-0.2, 0) is 6.54 Å². The molecule has 0 spiro atoms. The van der Waals surface area contributed by atoms with Crippen LogP contribution in [0.2, 0.25) is 0 Å². The molecule has 14 heavy (non-hydrogen) atoms. The smallest absolute Gasteiger partial charge is 0.314 e. The van der Waals surface area contributed by atoms with E-state index in [1.807, 2.05) is 23.6 Å². The van der Waals surface area contributed by atoms with Gasteiger partial charge in [0.1, 0.15) is 0 Å². The Bertz CT molecular complexity index is 466. The first-order chi connectivity index (χ1) is 6.77. The maximum Gasteiger partial charge on any atom is 0.314 e. The van der Waals surface area contributed by atoms with Gasteiger partial charge in [0.25, 0.3) is 0 Å². The van der Waals surface area contributed by atoms with E-state index in [9.17, 15) is 4.79 Å². The van der Waals surface area contributed by atoms with Gasteiger partial charge in [0.2, 0.25) is 0 Å². The Morgan fingerprint density at radius 1 is 1.43 bits per heavy atom. The molecule has 0 radical (unpaired) electrons. The molecule has 0 fully saturated rings. The summed E-state index contributed by atoms with van der Waals surface area (Å²) in [7, 11) is 0. The van der Waals surface area contributed by atoms with E-state index in [2.05, 4.69) is 11.4 Å². The molecule has 1 amide bonds. The molecule has 0 saturated heterocycles. The van der Waals surface area contributed by atoms with E-state index >= 15 is 0 Å². The maximum atomic E-state index is 10.5. The van der Waals surface area contributed by atoms with Gasteiger partial charge in [0.15, 0.2) is 0 Å². The Morgan fingerprint density at radius 2 is 2.21 bits per heavy atom. The summed E-state index contributed by atoms with van der Waals surface area (Å²) >= 11 is 6.87. The van der Waals surface area contributed by atoms with Crippen molar-refractivity contribution in [1.82, 2.24) is 5.32 Å². The normalized spacial score (nSPS) is 10.4. The van der Waals surface area contributed by atoms with Gasteiger partial charge in [-0.1, -0.05) is 18.2 Å². The van der Waals surface area contributed by atoms with Gasteiger partial charge in [0, 0.05) is 11.2 Å². The summed E-state index contributed by atoms with van der Waals surface area (Å²) < 4.78 is 1.23. The van der Waals surface area contributed by atoms with E-state index in [1.165, 1.54) is 10.1 Å². The first kappa shape index (κ1) is 9.49. The quantitative estimate of drug-likeness (QED) is 0.616. The molecule has 2 nitrogen and oxygen atoms in total. The number of carbonyl (C=O) groups excluding carboxylic acids is 1. The fourth-order valence-corrected chi connectivity index (χ4v) is 2.36. The van der Waals surface area contributed by atoms with Crippen molar-refractivity contribution in [1.29, 1.82) is 0 Å². The summed E-state index contributed by atoms with van der Waals surface area (Å²) in [6.07, 6.45) is 0. The van der Waals surface area contributed by atoms with E-state index in [0.29, 0.717) is 6.54 Å². The van der Waals surface area contributed by atoms with Gasteiger partial charge >= 0.3 is 5.37 Å². The molecule has 0 saturated carbocycles. The molecule has 0 atom stereocenters. The molecule has 0 aliphatic carbocycles. The molecular formula is C10H8ClNOS. The van der Waals surface area contributed by atoms with E-state index in [4.69, 9.17) is 11.6 Å². The Kier molecular flexibility index (Phi) is 2.70. The molecule has 0 bridgehead atoms. The van der Waals surface area contributed by atoms with Crippen molar-refractivity contribution in [2.45, 2.75) is 6.54 Å². The number of benzene rings is 1. The van der Waals surface area contributed by atoms with Crippen molar-refractivity contribution in [2.24, 2.45) is 0 Å². The highest BCUT2D eigenvalue weighted by molar-refractivity contribution is 7.17. The highest BCUT2D eigenvalue weighted by atomic mass is 35.5. The van der Waals surface area contributed by atoms with E-state index in [-0.39, 0.29) is 0 Å².